The molecule has 10 nitrogen and oxygen atoms in total. The molecule has 0 amide bonds. The number of pyridine rings is 2. The van der Waals surface area contributed by atoms with Crippen LogP contribution in [0.1, 0.15) is 23.7 Å². The Hall–Kier alpha value is -4.55. The number of aldehydes is 1. The largest absolute Gasteiger partial charge is 0.493 e. The maximum Gasteiger partial charge on any atom is 0.198 e. The Morgan fingerprint density at radius 3 is 2.43 bits per heavy atom. The van der Waals surface area contributed by atoms with Crippen molar-refractivity contribution in [1.29, 1.82) is 0 Å². The van der Waals surface area contributed by atoms with Crippen molar-refractivity contribution in [3.63, 3.8) is 0 Å². The highest BCUT2D eigenvalue weighted by molar-refractivity contribution is 5.88. The van der Waals surface area contributed by atoms with Gasteiger partial charge in [-0.15, -0.1) is 0 Å². The minimum absolute atomic E-state index is 0.257. The first-order valence-corrected chi connectivity index (χ1v) is 14.2. The van der Waals surface area contributed by atoms with Crippen LogP contribution in [-0.2, 0) is 4.74 Å². The number of nitrogens with one attached hydrogen (secondary N) is 1. The number of halogens is 2. The number of methoxy groups -OCH3 is 1. The molecule has 1 fully saturated rings. The van der Waals surface area contributed by atoms with Crippen LogP contribution in [0.4, 0.5) is 14.5 Å². The van der Waals surface area contributed by atoms with Gasteiger partial charge in [-0.2, -0.15) is 0 Å². The van der Waals surface area contributed by atoms with Crippen molar-refractivity contribution in [1.82, 2.24) is 14.9 Å². The summed E-state index contributed by atoms with van der Waals surface area (Å²) in [5, 5.41) is 3.25. The van der Waals surface area contributed by atoms with E-state index in [1.807, 2.05) is 6.92 Å². The van der Waals surface area contributed by atoms with Crippen molar-refractivity contribution >= 4 is 22.9 Å². The zero-order valence-electron chi connectivity index (χ0n) is 25.0. The Labute approximate surface area is 254 Å². The molecule has 12 heteroatoms. The quantitative estimate of drug-likeness (QED) is 0.158. The number of aromatic nitrogens is 2. The van der Waals surface area contributed by atoms with Gasteiger partial charge in [-0.1, -0.05) is 0 Å². The predicted octanol–water partition coefficient (Wildman–Crippen LogP) is 5.75. The van der Waals surface area contributed by atoms with Crippen LogP contribution < -0.4 is 24.3 Å². The normalized spacial score (nSPS) is 13.0. The molecule has 0 saturated carbocycles. The zero-order chi connectivity index (χ0) is 31.3. The average Bonchev–Trinajstić information content (AvgIpc) is 3.05. The zero-order valence-corrected chi connectivity index (χ0v) is 25.0. The number of benzene rings is 2. The van der Waals surface area contributed by atoms with Crippen molar-refractivity contribution in [3.8, 4) is 28.7 Å². The Balaban J connectivity index is 0.000000339. The van der Waals surface area contributed by atoms with Gasteiger partial charge in [0.25, 0.3) is 0 Å². The molecule has 1 aliphatic rings. The fraction of sp³-hybridized carbons (Fsp3) is 0.344. The van der Waals surface area contributed by atoms with Gasteiger partial charge in [-0.05, 0) is 31.5 Å². The summed E-state index contributed by atoms with van der Waals surface area (Å²) in [5.74, 6) is -0.216. The standard InChI is InChI=1S/C24H27F2N3O4.C8H9NO2/c1-27-16-12-18(25)24(19(26)13-16)33-21-4-5-28-20-15-23(22(30-2)14-17(20)21)32-9-3-6-29-7-10-31-11-8-29;1-2-11-8-3-4-9-5-7(8)6-10/h4-5,12-15,27H,3,6-11H2,1-2H3;3-6H,2H2,1H3. The SMILES string of the molecule is CCOc1ccncc1C=O.CNc1cc(F)c(Oc2ccnc3cc(OCCCN4CCOCC4)c(OC)cc23)c(F)c1. The lowest BCUT2D eigenvalue weighted by Gasteiger charge is -2.26. The number of anilines is 1. The van der Waals surface area contributed by atoms with Crippen molar-refractivity contribution in [3.05, 3.63) is 72.2 Å². The second-order valence-electron chi connectivity index (χ2n) is 9.57. The van der Waals surface area contributed by atoms with Crippen molar-refractivity contribution < 1.29 is 37.3 Å². The van der Waals surface area contributed by atoms with E-state index in [-0.39, 0.29) is 5.75 Å². The van der Waals surface area contributed by atoms with Crippen LogP contribution in [0.5, 0.6) is 28.7 Å². The van der Waals surface area contributed by atoms with Crippen LogP contribution in [0.25, 0.3) is 10.9 Å². The van der Waals surface area contributed by atoms with E-state index in [0.29, 0.717) is 52.6 Å². The van der Waals surface area contributed by atoms with Gasteiger partial charge < -0.3 is 29.0 Å². The molecule has 1 N–H and O–H groups in total. The molecule has 3 heterocycles. The Kier molecular flexibility index (Phi) is 12.0. The third-order valence-corrected chi connectivity index (χ3v) is 6.70. The van der Waals surface area contributed by atoms with Crippen LogP contribution in [0.2, 0.25) is 0 Å². The molecule has 1 aliphatic heterocycles. The number of rotatable bonds is 12. The monoisotopic (exact) mass is 610 g/mol. The Morgan fingerprint density at radius 1 is 1.00 bits per heavy atom. The minimum Gasteiger partial charge on any atom is -0.493 e. The van der Waals surface area contributed by atoms with E-state index >= 15 is 0 Å². The first kappa shape index (κ1) is 32.4. The minimum atomic E-state index is -0.809. The van der Waals surface area contributed by atoms with E-state index in [2.05, 4.69) is 20.2 Å². The summed E-state index contributed by atoms with van der Waals surface area (Å²) in [5.41, 5.74) is 1.37. The van der Waals surface area contributed by atoms with Gasteiger partial charge in [0.2, 0.25) is 0 Å². The number of morpholine rings is 1. The molecule has 44 heavy (non-hydrogen) atoms. The van der Waals surface area contributed by atoms with Gasteiger partial charge in [-0.3, -0.25) is 19.7 Å². The molecule has 5 rings (SSSR count). The lowest BCUT2D eigenvalue weighted by atomic mass is 10.1. The summed E-state index contributed by atoms with van der Waals surface area (Å²) < 4.78 is 56.5. The van der Waals surface area contributed by atoms with Crippen LogP contribution in [-0.4, -0.2) is 81.4 Å². The third kappa shape index (κ3) is 8.51. The molecule has 4 aromatic rings. The lowest BCUT2D eigenvalue weighted by molar-refractivity contribution is 0.0357. The molecule has 2 aromatic heterocycles. The summed E-state index contributed by atoms with van der Waals surface area (Å²) in [7, 11) is 3.12. The van der Waals surface area contributed by atoms with Gasteiger partial charge in [0.15, 0.2) is 35.2 Å². The molecule has 0 bridgehead atoms. The van der Waals surface area contributed by atoms with E-state index in [4.69, 9.17) is 23.7 Å². The lowest BCUT2D eigenvalue weighted by Crippen LogP contribution is -2.37. The molecule has 0 radical (unpaired) electrons. The smallest absolute Gasteiger partial charge is 0.198 e. The number of ether oxygens (including phenoxy) is 5. The molecule has 0 aliphatic carbocycles. The maximum atomic E-state index is 14.4. The first-order valence-electron chi connectivity index (χ1n) is 14.2. The van der Waals surface area contributed by atoms with Gasteiger partial charge in [0.1, 0.15) is 11.5 Å². The summed E-state index contributed by atoms with van der Waals surface area (Å²) in [6.07, 6.45) is 6.19. The number of carbonyl (C=O) groups excluding carboxylic acids is 1. The molecular formula is C32H36F2N4O6. The van der Waals surface area contributed by atoms with Crippen LogP contribution in [0.15, 0.2) is 55.0 Å². The van der Waals surface area contributed by atoms with Crippen molar-refractivity contribution in [2.45, 2.75) is 13.3 Å². The molecule has 0 unspecified atom stereocenters. The number of hydrogen-bond acceptors (Lipinski definition) is 10. The second-order valence-corrected chi connectivity index (χ2v) is 9.57. The first-order chi connectivity index (χ1) is 21.5. The summed E-state index contributed by atoms with van der Waals surface area (Å²) in [6.45, 7) is 7.28. The molecule has 234 valence electrons. The Morgan fingerprint density at radius 2 is 1.75 bits per heavy atom. The Bertz CT molecular complexity index is 1510. The number of fused-ring (bicyclic) bond motifs is 1. The predicted molar refractivity (Wildman–Crippen MR) is 162 cm³/mol. The van der Waals surface area contributed by atoms with Gasteiger partial charge in [0.05, 0.1) is 44.6 Å². The van der Waals surface area contributed by atoms with E-state index in [1.165, 1.54) is 31.6 Å². The van der Waals surface area contributed by atoms with Gasteiger partial charge in [-0.25, -0.2) is 8.78 Å². The highest BCUT2D eigenvalue weighted by Gasteiger charge is 2.17. The fourth-order valence-electron chi connectivity index (χ4n) is 4.47. The highest BCUT2D eigenvalue weighted by atomic mass is 19.1. The number of carbonyl (C=O) groups is 1. The second kappa shape index (κ2) is 16.3. The summed E-state index contributed by atoms with van der Waals surface area (Å²) in [4.78, 5) is 20.9. The number of hydrogen-bond donors (Lipinski definition) is 1. The fourth-order valence-corrected chi connectivity index (χ4v) is 4.47. The van der Waals surface area contributed by atoms with Crippen LogP contribution in [0, 0.1) is 11.6 Å². The molecule has 2 aromatic carbocycles. The average molecular weight is 611 g/mol. The van der Waals surface area contributed by atoms with Crippen LogP contribution in [0.3, 0.4) is 0 Å². The summed E-state index contributed by atoms with van der Waals surface area (Å²) >= 11 is 0. The van der Waals surface area contributed by atoms with E-state index in [0.717, 1.165) is 45.6 Å². The summed E-state index contributed by atoms with van der Waals surface area (Å²) in [6, 6.07) is 9.01. The highest BCUT2D eigenvalue weighted by Crippen LogP contribution is 2.38. The van der Waals surface area contributed by atoms with Crippen LogP contribution >= 0.6 is 0 Å². The topological polar surface area (TPSA) is 104 Å². The van der Waals surface area contributed by atoms with Crippen molar-refractivity contribution in [2.75, 3.05) is 65.5 Å². The van der Waals surface area contributed by atoms with E-state index < -0.39 is 17.4 Å². The van der Waals surface area contributed by atoms with Gasteiger partial charge in [0, 0.05) is 74.5 Å². The maximum absolute atomic E-state index is 14.4. The number of nitrogens with zero attached hydrogens (tertiary/aromatic N) is 3. The molecule has 1 saturated heterocycles. The van der Waals surface area contributed by atoms with Gasteiger partial charge >= 0.3 is 0 Å². The van der Waals surface area contributed by atoms with E-state index in [1.54, 1.807) is 37.5 Å². The third-order valence-electron chi connectivity index (χ3n) is 6.70. The van der Waals surface area contributed by atoms with Crippen molar-refractivity contribution in [2.24, 2.45) is 0 Å². The molecule has 0 spiro atoms. The molecular weight excluding hydrogens is 574 g/mol. The van der Waals surface area contributed by atoms with E-state index in [9.17, 15) is 13.6 Å². The molecule has 0 atom stereocenters.